The molecule has 1 aromatic heterocycles. The number of thiazole rings is 1. The first-order chi connectivity index (χ1) is 13.1. The van der Waals surface area contributed by atoms with Gasteiger partial charge in [0.1, 0.15) is 5.54 Å². The molecular formula is C19H20N4O2S2. The van der Waals surface area contributed by atoms with Crippen LogP contribution in [0.25, 0.3) is 0 Å². The van der Waals surface area contributed by atoms with Gasteiger partial charge in [-0.05, 0) is 24.4 Å². The van der Waals surface area contributed by atoms with Crippen LogP contribution in [0, 0.1) is 5.92 Å². The number of carbonyl (C=O) groups is 1. The van der Waals surface area contributed by atoms with Crippen molar-refractivity contribution in [3.8, 4) is 0 Å². The number of benzene rings is 1. The van der Waals surface area contributed by atoms with E-state index in [1.165, 1.54) is 0 Å². The van der Waals surface area contributed by atoms with Crippen molar-refractivity contribution in [1.29, 1.82) is 0 Å². The van der Waals surface area contributed by atoms with Crippen molar-refractivity contribution in [3.63, 3.8) is 0 Å². The maximum Gasteiger partial charge on any atom is 0.257 e. The van der Waals surface area contributed by atoms with Crippen LogP contribution in [0.5, 0.6) is 0 Å². The lowest BCUT2D eigenvalue weighted by Crippen LogP contribution is -2.53. The molecule has 2 unspecified atom stereocenters. The van der Waals surface area contributed by atoms with E-state index in [4.69, 9.17) is 17.1 Å². The van der Waals surface area contributed by atoms with Crippen molar-refractivity contribution < 1.29 is 9.63 Å². The number of hydroxylamine groups is 2. The Balaban J connectivity index is 1.60. The number of thiocarbonyl (C=S) groups is 1. The second-order valence-corrected chi connectivity index (χ2v) is 7.96. The van der Waals surface area contributed by atoms with Gasteiger partial charge < -0.3 is 0 Å². The van der Waals surface area contributed by atoms with E-state index in [-0.39, 0.29) is 16.9 Å². The van der Waals surface area contributed by atoms with Gasteiger partial charge in [0.05, 0.1) is 17.0 Å². The van der Waals surface area contributed by atoms with Crippen LogP contribution in [-0.2, 0) is 10.4 Å². The van der Waals surface area contributed by atoms with Gasteiger partial charge in [-0.25, -0.2) is 5.06 Å². The molecule has 0 saturated carbocycles. The van der Waals surface area contributed by atoms with Gasteiger partial charge in [-0.3, -0.25) is 24.8 Å². The van der Waals surface area contributed by atoms with E-state index in [1.54, 1.807) is 28.5 Å². The Kier molecular flexibility index (Phi) is 5.05. The van der Waals surface area contributed by atoms with Crippen LogP contribution < -0.4 is 5.32 Å². The minimum atomic E-state index is -0.439. The Bertz CT molecular complexity index is 843. The predicted molar refractivity (Wildman–Crippen MR) is 108 cm³/mol. The van der Waals surface area contributed by atoms with E-state index in [0.717, 1.165) is 24.5 Å². The first-order valence-corrected chi connectivity index (χ1v) is 9.99. The molecule has 2 aromatic rings. The molecule has 2 atom stereocenters. The van der Waals surface area contributed by atoms with Crippen LogP contribution in [0.4, 0.5) is 0 Å². The fourth-order valence-corrected chi connectivity index (χ4v) is 5.06. The van der Waals surface area contributed by atoms with E-state index < -0.39 is 5.54 Å². The minimum Gasteiger partial charge on any atom is -0.297 e. The number of nitrogens with zero attached hydrogens (tertiary/aromatic N) is 3. The number of rotatable bonds is 4. The van der Waals surface area contributed by atoms with Gasteiger partial charge in [0, 0.05) is 37.3 Å². The number of nitrogens with one attached hydrogen (secondary N) is 1. The average Bonchev–Trinajstić information content (AvgIpc) is 3.37. The van der Waals surface area contributed by atoms with Crippen LogP contribution in [0.2, 0.25) is 0 Å². The van der Waals surface area contributed by atoms with Crippen molar-refractivity contribution in [2.45, 2.75) is 5.54 Å². The van der Waals surface area contributed by atoms with Gasteiger partial charge >= 0.3 is 0 Å². The van der Waals surface area contributed by atoms with E-state index in [0.29, 0.717) is 12.2 Å². The van der Waals surface area contributed by atoms with E-state index in [2.05, 4.69) is 21.8 Å². The topological polar surface area (TPSA) is 57.7 Å². The Morgan fingerprint density at radius 2 is 2.30 bits per heavy atom. The maximum atomic E-state index is 12.5. The summed E-state index contributed by atoms with van der Waals surface area (Å²) in [6.07, 6.45) is 3.78. The molecule has 27 heavy (non-hydrogen) atoms. The maximum absolute atomic E-state index is 12.5. The minimum absolute atomic E-state index is 0.240. The van der Waals surface area contributed by atoms with E-state index in [9.17, 15) is 4.79 Å². The molecule has 2 saturated heterocycles. The molecule has 3 heterocycles. The van der Waals surface area contributed by atoms with Crippen molar-refractivity contribution in [3.05, 3.63) is 65.1 Å². The second-order valence-electron chi connectivity index (χ2n) is 6.69. The van der Waals surface area contributed by atoms with Crippen LogP contribution in [0.15, 0.2) is 54.7 Å². The average molecular weight is 401 g/mol. The van der Waals surface area contributed by atoms with Crippen LogP contribution >= 0.6 is 23.6 Å². The summed E-state index contributed by atoms with van der Waals surface area (Å²) in [5.41, 5.74) is 1.94. The Morgan fingerprint density at radius 3 is 3.00 bits per heavy atom. The molecule has 8 heteroatoms. The molecule has 0 aliphatic carbocycles. The zero-order valence-corrected chi connectivity index (χ0v) is 16.3. The Morgan fingerprint density at radius 1 is 1.48 bits per heavy atom. The summed E-state index contributed by atoms with van der Waals surface area (Å²) < 4.78 is 0. The molecule has 1 amide bonds. The highest BCUT2D eigenvalue weighted by Crippen LogP contribution is 2.48. The fraction of sp³-hybridized carbons (Fsp3) is 0.316. The molecule has 1 N–H and O–H groups in total. The first kappa shape index (κ1) is 18.2. The van der Waals surface area contributed by atoms with Gasteiger partial charge in [-0.1, -0.05) is 24.3 Å². The van der Waals surface area contributed by atoms with Crippen molar-refractivity contribution in [2.75, 3.05) is 26.2 Å². The summed E-state index contributed by atoms with van der Waals surface area (Å²) in [5.74, 6) is -0.00229. The SMILES string of the molecule is C=CCN1CC2CON(C(=S)NC(=O)c3ccccc3)C2(c2cncs2)C1. The molecule has 0 bridgehead atoms. The van der Waals surface area contributed by atoms with Gasteiger partial charge in [-0.2, -0.15) is 0 Å². The summed E-state index contributed by atoms with van der Waals surface area (Å²) in [4.78, 5) is 26.2. The number of hydrogen-bond donors (Lipinski definition) is 1. The molecule has 140 valence electrons. The van der Waals surface area contributed by atoms with E-state index in [1.807, 2.05) is 36.0 Å². The smallest absolute Gasteiger partial charge is 0.257 e. The Labute approximate surface area is 167 Å². The van der Waals surface area contributed by atoms with Gasteiger partial charge in [0.25, 0.3) is 5.91 Å². The number of hydrogen-bond acceptors (Lipinski definition) is 6. The van der Waals surface area contributed by atoms with Crippen LogP contribution in [0.1, 0.15) is 15.2 Å². The van der Waals surface area contributed by atoms with Crippen molar-refractivity contribution in [1.82, 2.24) is 20.3 Å². The molecular weight excluding hydrogens is 380 g/mol. The number of carbonyl (C=O) groups excluding carboxylic acids is 1. The number of aromatic nitrogens is 1. The lowest BCUT2D eigenvalue weighted by molar-refractivity contribution is -0.104. The largest absolute Gasteiger partial charge is 0.297 e. The summed E-state index contributed by atoms with van der Waals surface area (Å²) >= 11 is 7.16. The van der Waals surface area contributed by atoms with Gasteiger partial charge in [-0.15, -0.1) is 17.9 Å². The lowest BCUT2D eigenvalue weighted by Gasteiger charge is -2.36. The molecule has 2 fully saturated rings. The first-order valence-electron chi connectivity index (χ1n) is 8.71. The monoisotopic (exact) mass is 400 g/mol. The third-order valence-corrected chi connectivity index (χ3v) is 6.28. The van der Waals surface area contributed by atoms with E-state index >= 15 is 0 Å². The van der Waals surface area contributed by atoms with Gasteiger partial charge in [0.2, 0.25) is 5.11 Å². The summed E-state index contributed by atoms with van der Waals surface area (Å²) in [7, 11) is 0. The summed E-state index contributed by atoms with van der Waals surface area (Å²) in [6, 6.07) is 9.03. The summed E-state index contributed by atoms with van der Waals surface area (Å²) in [5, 5.41) is 4.81. The second kappa shape index (κ2) is 7.47. The molecule has 1 aromatic carbocycles. The molecule has 2 aliphatic heterocycles. The number of amides is 1. The van der Waals surface area contributed by atoms with Crippen LogP contribution in [0.3, 0.4) is 0 Å². The quantitative estimate of drug-likeness (QED) is 0.628. The molecule has 0 radical (unpaired) electrons. The molecule has 4 rings (SSSR count). The lowest BCUT2D eigenvalue weighted by atomic mass is 9.87. The van der Waals surface area contributed by atoms with Crippen LogP contribution in [-0.4, -0.2) is 52.2 Å². The standard InChI is InChI=1S/C19H20N4O2S2/c1-2-8-22-10-15-11-25-23(19(15,12-22)16-9-20-13-27-16)18(26)21-17(24)14-6-4-3-5-7-14/h2-7,9,13,15H,1,8,10-12H2,(H,21,24,26). The Hall–Kier alpha value is -2.13. The third kappa shape index (κ3) is 3.19. The van der Waals surface area contributed by atoms with Crippen molar-refractivity contribution in [2.24, 2.45) is 5.92 Å². The molecule has 2 aliphatic rings. The molecule has 0 spiro atoms. The highest BCUT2D eigenvalue weighted by atomic mass is 32.1. The number of fused-ring (bicyclic) bond motifs is 1. The highest BCUT2D eigenvalue weighted by Gasteiger charge is 2.58. The van der Waals surface area contributed by atoms with Crippen molar-refractivity contribution >= 4 is 34.6 Å². The zero-order chi connectivity index (χ0) is 18.9. The highest BCUT2D eigenvalue weighted by molar-refractivity contribution is 7.80. The number of likely N-dealkylation sites (tertiary alicyclic amines) is 1. The summed E-state index contributed by atoms with van der Waals surface area (Å²) in [6.45, 7) is 6.83. The third-order valence-electron chi connectivity index (χ3n) is 5.07. The fourth-order valence-electron chi connectivity index (χ4n) is 3.88. The predicted octanol–water partition coefficient (Wildman–Crippen LogP) is 2.42. The zero-order valence-electron chi connectivity index (χ0n) is 14.7. The van der Waals surface area contributed by atoms with Gasteiger partial charge in [0.15, 0.2) is 0 Å². The normalized spacial score (nSPS) is 24.6. The molecule has 6 nitrogen and oxygen atoms in total.